The van der Waals surface area contributed by atoms with Crippen molar-refractivity contribution in [3.05, 3.63) is 52.2 Å². The molecule has 1 aromatic carbocycles. The van der Waals surface area contributed by atoms with Crippen molar-refractivity contribution in [3.63, 3.8) is 0 Å². The van der Waals surface area contributed by atoms with E-state index in [-0.39, 0.29) is 11.3 Å². The van der Waals surface area contributed by atoms with Gasteiger partial charge in [-0.25, -0.2) is 13.1 Å². The smallest absolute Gasteiger partial charge is 0.307 e. The average molecular weight is 350 g/mol. The summed E-state index contributed by atoms with van der Waals surface area (Å²) in [6, 6.07) is 10.3. The molecule has 23 heavy (non-hydrogen) atoms. The topological polar surface area (TPSA) is 96.3 Å². The maximum atomic E-state index is 12.5. The van der Waals surface area contributed by atoms with Crippen molar-refractivity contribution >= 4 is 27.3 Å². The van der Waals surface area contributed by atoms with Crippen molar-refractivity contribution in [2.45, 2.75) is 17.4 Å². The Morgan fingerprint density at radius 3 is 2.57 bits per heavy atom. The number of nitriles is 1. The lowest BCUT2D eigenvalue weighted by atomic mass is 10.2. The predicted octanol–water partition coefficient (Wildman–Crippen LogP) is 2.20. The van der Waals surface area contributed by atoms with Crippen LogP contribution in [0.2, 0.25) is 0 Å². The highest BCUT2D eigenvalue weighted by Gasteiger charge is 2.24. The number of ether oxygens (including phenoxy) is 1. The van der Waals surface area contributed by atoms with Crippen molar-refractivity contribution in [2.24, 2.45) is 0 Å². The fourth-order valence-electron chi connectivity index (χ4n) is 1.90. The largest absolute Gasteiger partial charge is 0.469 e. The van der Waals surface area contributed by atoms with Crippen molar-refractivity contribution < 1.29 is 17.9 Å². The Balaban J connectivity index is 2.26. The van der Waals surface area contributed by atoms with Gasteiger partial charge in [-0.2, -0.15) is 5.26 Å². The molecular weight excluding hydrogens is 336 g/mol. The minimum Gasteiger partial charge on any atom is -0.469 e. The van der Waals surface area contributed by atoms with Gasteiger partial charge in [0.1, 0.15) is 0 Å². The van der Waals surface area contributed by atoms with E-state index < -0.39 is 22.0 Å². The Labute approximate surface area is 138 Å². The molecule has 0 fully saturated rings. The van der Waals surface area contributed by atoms with E-state index in [9.17, 15) is 13.2 Å². The summed E-state index contributed by atoms with van der Waals surface area (Å²) in [6.45, 7) is 0. The number of benzene rings is 1. The van der Waals surface area contributed by atoms with Crippen LogP contribution < -0.4 is 4.72 Å². The molecule has 2 aromatic rings. The Morgan fingerprint density at radius 1 is 1.35 bits per heavy atom. The fraction of sp³-hybridized carbons (Fsp3) is 0.200. The highest BCUT2D eigenvalue weighted by atomic mass is 32.2. The zero-order valence-electron chi connectivity index (χ0n) is 12.2. The number of carbonyl (C=O) groups excluding carboxylic acids is 1. The molecule has 8 heteroatoms. The molecule has 120 valence electrons. The molecule has 0 spiro atoms. The zero-order valence-corrected chi connectivity index (χ0v) is 13.9. The van der Waals surface area contributed by atoms with E-state index in [0.29, 0.717) is 10.4 Å². The lowest BCUT2D eigenvalue weighted by molar-refractivity contribution is -0.141. The summed E-state index contributed by atoms with van der Waals surface area (Å²) in [4.78, 5) is 12.3. The van der Waals surface area contributed by atoms with Gasteiger partial charge in [-0.15, -0.1) is 11.3 Å². The summed E-state index contributed by atoms with van der Waals surface area (Å²) >= 11 is 1.35. The van der Waals surface area contributed by atoms with Crippen molar-refractivity contribution in [1.82, 2.24) is 4.72 Å². The second kappa shape index (κ2) is 7.37. The van der Waals surface area contributed by atoms with Crippen LogP contribution in [0.5, 0.6) is 0 Å². The van der Waals surface area contributed by atoms with Gasteiger partial charge in [0.2, 0.25) is 10.0 Å². The summed E-state index contributed by atoms with van der Waals surface area (Å²) in [5.41, 5.74) is 0.369. The normalized spacial score (nSPS) is 12.3. The van der Waals surface area contributed by atoms with Crippen LogP contribution in [0, 0.1) is 11.3 Å². The number of hydrogen-bond donors (Lipinski definition) is 1. The third kappa shape index (κ3) is 4.39. The number of esters is 1. The predicted molar refractivity (Wildman–Crippen MR) is 85.2 cm³/mol. The number of methoxy groups -OCH3 is 1. The number of rotatable bonds is 6. The molecule has 1 atom stereocenters. The molecular formula is C15H14N2O4S2. The number of sulfonamides is 1. The van der Waals surface area contributed by atoms with Crippen LogP contribution in [-0.4, -0.2) is 21.5 Å². The maximum absolute atomic E-state index is 12.5. The summed E-state index contributed by atoms with van der Waals surface area (Å²) in [7, 11) is -2.57. The first-order valence-corrected chi connectivity index (χ1v) is 8.95. The van der Waals surface area contributed by atoms with Gasteiger partial charge in [0.05, 0.1) is 36.1 Å². The summed E-state index contributed by atoms with van der Waals surface area (Å²) in [6.07, 6.45) is -0.105. The molecule has 1 aromatic heterocycles. The molecule has 1 heterocycles. The van der Waals surface area contributed by atoms with Crippen molar-refractivity contribution in [2.75, 3.05) is 7.11 Å². The summed E-state index contributed by atoms with van der Waals surface area (Å²) in [5.74, 6) is -0.508. The van der Waals surface area contributed by atoms with Crippen molar-refractivity contribution in [3.8, 4) is 6.07 Å². The van der Waals surface area contributed by atoms with Crippen LogP contribution in [0.1, 0.15) is 22.9 Å². The molecule has 0 bridgehead atoms. The van der Waals surface area contributed by atoms with Gasteiger partial charge in [-0.1, -0.05) is 6.07 Å². The Morgan fingerprint density at radius 2 is 2.04 bits per heavy atom. The SMILES string of the molecule is COC(=O)CC(NS(=O)(=O)c1ccc(C#N)cc1)c1cccs1. The van der Waals surface area contributed by atoms with Crippen LogP contribution in [0.15, 0.2) is 46.7 Å². The van der Waals surface area contributed by atoms with E-state index in [1.165, 1.54) is 42.7 Å². The summed E-state index contributed by atoms with van der Waals surface area (Å²) in [5, 5.41) is 10.6. The van der Waals surface area contributed by atoms with Gasteiger partial charge in [-0.3, -0.25) is 4.79 Å². The summed E-state index contributed by atoms with van der Waals surface area (Å²) < 4.78 is 32.1. The molecule has 1 N–H and O–H groups in total. The van der Waals surface area contributed by atoms with Gasteiger partial charge >= 0.3 is 5.97 Å². The van der Waals surface area contributed by atoms with Crippen LogP contribution in [-0.2, 0) is 19.6 Å². The lowest BCUT2D eigenvalue weighted by Crippen LogP contribution is -2.30. The van der Waals surface area contributed by atoms with Gasteiger partial charge in [0, 0.05) is 4.88 Å². The first kappa shape index (κ1) is 17.1. The standard InChI is InChI=1S/C15H14N2O4S2/c1-21-15(18)9-13(14-3-2-8-22-14)17-23(19,20)12-6-4-11(10-16)5-7-12/h2-8,13,17H,9H2,1H3. The molecule has 0 aliphatic carbocycles. The minimum absolute atomic E-state index is 0.0305. The van der Waals surface area contributed by atoms with Crippen LogP contribution >= 0.6 is 11.3 Å². The molecule has 1 unspecified atom stereocenters. The highest BCUT2D eigenvalue weighted by Crippen LogP contribution is 2.25. The van der Waals surface area contributed by atoms with Gasteiger partial charge in [0.25, 0.3) is 0 Å². The molecule has 0 radical (unpaired) electrons. The Kier molecular flexibility index (Phi) is 5.50. The van der Waals surface area contributed by atoms with Crippen molar-refractivity contribution in [1.29, 1.82) is 5.26 Å². The van der Waals surface area contributed by atoms with Gasteiger partial charge in [-0.05, 0) is 35.7 Å². The van der Waals surface area contributed by atoms with Crippen LogP contribution in [0.3, 0.4) is 0 Å². The zero-order chi connectivity index (χ0) is 16.9. The second-order valence-corrected chi connectivity index (χ2v) is 7.30. The van der Waals surface area contributed by atoms with Crippen LogP contribution in [0.25, 0.3) is 0 Å². The van der Waals surface area contributed by atoms with Gasteiger partial charge < -0.3 is 4.74 Å². The first-order chi connectivity index (χ1) is 11.0. The molecule has 6 nitrogen and oxygen atoms in total. The molecule has 0 amide bonds. The monoisotopic (exact) mass is 350 g/mol. The number of nitrogens with one attached hydrogen (secondary N) is 1. The minimum atomic E-state index is -3.82. The van der Waals surface area contributed by atoms with Crippen LogP contribution in [0.4, 0.5) is 0 Å². The highest BCUT2D eigenvalue weighted by molar-refractivity contribution is 7.89. The number of hydrogen-bond acceptors (Lipinski definition) is 6. The van der Waals surface area contributed by atoms with E-state index in [2.05, 4.69) is 9.46 Å². The Hall–Kier alpha value is -2.21. The molecule has 0 saturated heterocycles. The van der Waals surface area contributed by atoms with E-state index >= 15 is 0 Å². The number of nitrogens with zero attached hydrogens (tertiary/aromatic N) is 1. The quantitative estimate of drug-likeness (QED) is 0.806. The third-order valence-electron chi connectivity index (χ3n) is 3.08. The lowest BCUT2D eigenvalue weighted by Gasteiger charge is -2.16. The third-order valence-corrected chi connectivity index (χ3v) is 5.55. The van der Waals surface area contributed by atoms with E-state index in [0.717, 1.165) is 0 Å². The fourth-order valence-corrected chi connectivity index (χ4v) is 3.97. The molecule has 0 aliphatic heterocycles. The van der Waals surface area contributed by atoms with E-state index in [1.54, 1.807) is 17.5 Å². The molecule has 0 aliphatic rings. The van der Waals surface area contributed by atoms with Gasteiger partial charge in [0.15, 0.2) is 0 Å². The second-order valence-electron chi connectivity index (χ2n) is 4.61. The molecule has 0 saturated carbocycles. The first-order valence-electron chi connectivity index (χ1n) is 6.59. The van der Waals surface area contributed by atoms with E-state index in [1.807, 2.05) is 6.07 Å². The Bertz CT molecular complexity index is 806. The van der Waals surface area contributed by atoms with E-state index in [4.69, 9.17) is 5.26 Å². The maximum Gasteiger partial charge on any atom is 0.307 e. The molecule has 2 rings (SSSR count). The average Bonchev–Trinajstić information content (AvgIpc) is 3.08. The number of carbonyl (C=O) groups is 1. The number of thiophene rings is 1.